The maximum Gasteiger partial charge on any atom is 0.252 e. The number of hydrazine groups is 1. The zero-order valence-corrected chi connectivity index (χ0v) is 16.5. The maximum absolute atomic E-state index is 12.5. The van der Waals surface area contributed by atoms with E-state index in [0.717, 1.165) is 29.7 Å². The van der Waals surface area contributed by atoms with E-state index in [0.29, 0.717) is 5.56 Å². The van der Waals surface area contributed by atoms with Gasteiger partial charge in [0.25, 0.3) is 5.91 Å². The Morgan fingerprint density at radius 3 is 2.68 bits per heavy atom. The highest BCUT2D eigenvalue weighted by atomic mass is 16.5. The number of nitrogens with one attached hydrogen (secondary N) is 3. The second-order valence-corrected chi connectivity index (χ2v) is 7.21. The molecule has 0 bridgehead atoms. The van der Waals surface area contributed by atoms with Crippen molar-refractivity contribution in [2.45, 2.75) is 39.0 Å². The molecular formula is C22H26N4O2. The number of benzene rings is 2. The molecule has 6 heteroatoms. The zero-order chi connectivity index (χ0) is 19.7. The van der Waals surface area contributed by atoms with Crippen LogP contribution in [0.1, 0.15) is 41.0 Å². The fraction of sp³-hybridized carbons (Fsp3) is 0.318. The van der Waals surface area contributed by atoms with Crippen molar-refractivity contribution < 1.29 is 9.53 Å². The minimum Gasteiger partial charge on any atom is -0.497 e. The first-order valence-corrected chi connectivity index (χ1v) is 9.64. The molecule has 28 heavy (non-hydrogen) atoms. The normalized spacial score (nSPS) is 19.1. The Balaban J connectivity index is 1.50. The van der Waals surface area contributed by atoms with Crippen molar-refractivity contribution in [3.8, 4) is 5.75 Å². The van der Waals surface area contributed by atoms with Crippen LogP contribution in [-0.4, -0.2) is 23.7 Å². The average Bonchev–Trinajstić information content (AvgIpc) is 3.31. The lowest BCUT2D eigenvalue weighted by Gasteiger charge is -2.14. The lowest BCUT2D eigenvalue weighted by atomic mass is 10.1. The summed E-state index contributed by atoms with van der Waals surface area (Å²) in [5.41, 5.74) is 10.8. The van der Waals surface area contributed by atoms with Gasteiger partial charge < -0.3 is 14.6 Å². The smallest absolute Gasteiger partial charge is 0.252 e. The summed E-state index contributed by atoms with van der Waals surface area (Å²) in [6.45, 7) is 5.03. The first-order chi connectivity index (χ1) is 13.6. The molecule has 1 fully saturated rings. The molecular weight excluding hydrogens is 352 g/mol. The van der Waals surface area contributed by atoms with Crippen LogP contribution in [0.15, 0.2) is 48.5 Å². The van der Waals surface area contributed by atoms with E-state index in [4.69, 9.17) is 4.74 Å². The van der Waals surface area contributed by atoms with Crippen LogP contribution in [0.5, 0.6) is 5.75 Å². The second-order valence-electron chi connectivity index (χ2n) is 7.21. The molecule has 2 heterocycles. The number of carbonyl (C=O) groups excluding carboxylic acids is 1. The van der Waals surface area contributed by atoms with Crippen LogP contribution in [0.4, 0.5) is 0 Å². The van der Waals surface area contributed by atoms with E-state index in [1.807, 2.05) is 37.3 Å². The van der Waals surface area contributed by atoms with Crippen molar-refractivity contribution in [1.29, 1.82) is 0 Å². The van der Waals surface area contributed by atoms with E-state index in [-0.39, 0.29) is 18.1 Å². The molecule has 1 aliphatic heterocycles. The van der Waals surface area contributed by atoms with Crippen LogP contribution in [0.25, 0.3) is 10.9 Å². The monoisotopic (exact) mass is 378 g/mol. The molecule has 2 aromatic carbocycles. The van der Waals surface area contributed by atoms with Crippen molar-refractivity contribution in [3.63, 3.8) is 0 Å². The predicted molar refractivity (Wildman–Crippen MR) is 110 cm³/mol. The van der Waals surface area contributed by atoms with Crippen LogP contribution in [-0.2, 0) is 6.54 Å². The Kier molecular flexibility index (Phi) is 5.07. The van der Waals surface area contributed by atoms with E-state index in [1.165, 1.54) is 11.2 Å². The first kappa shape index (κ1) is 18.5. The fourth-order valence-corrected chi connectivity index (χ4v) is 3.83. The maximum atomic E-state index is 12.5. The molecule has 1 aromatic heterocycles. The van der Waals surface area contributed by atoms with Gasteiger partial charge in [-0.15, -0.1) is 0 Å². The molecule has 1 aliphatic rings. The molecule has 0 radical (unpaired) electrons. The molecule has 4 rings (SSSR count). The van der Waals surface area contributed by atoms with Gasteiger partial charge in [-0.3, -0.25) is 4.79 Å². The van der Waals surface area contributed by atoms with Crippen LogP contribution >= 0.6 is 0 Å². The zero-order valence-electron chi connectivity index (χ0n) is 16.5. The van der Waals surface area contributed by atoms with Crippen molar-refractivity contribution in [2.75, 3.05) is 7.11 Å². The summed E-state index contributed by atoms with van der Waals surface area (Å²) < 4.78 is 7.66. The molecule has 0 spiro atoms. The van der Waals surface area contributed by atoms with Gasteiger partial charge in [0.1, 0.15) is 5.75 Å². The fourth-order valence-electron chi connectivity index (χ4n) is 3.83. The van der Waals surface area contributed by atoms with Crippen molar-refractivity contribution in [2.24, 2.45) is 0 Å². The minimum atomic E-state index is -0.128. The molecule has 1 amide bonds. The van der Waals surface area contributed by atoms with Crippen molar-refractivity contribution in [1.82, 2.24) is 20.7 Å². The molecule has 2 atom stereocenters. The number of hydrogen-bond donors (Lipinski definition) is 3. The van der Waals surface area contributed by atoms with E-state index >= 15 is 0 Å². The highest BCUT2D eigenvalue weighted by molar-refractivity contribution is 5.94. The number of amides is 1. The Hall–Kier alpha value is -2.83. The SMILES string of the molecule is CCn1c(C2CC(NC(=O)c3ccc(C)cc3)NN2)cc2cc(OC)ccc21. The number of nitrogens with zero attached hydrogens (tertiary/aromatic N) is 1. The Bertz CT molecular complexity index is 994. The van der Waals surface area contributed by atoms with Gasteiger partial charge in [-0.2, -0.15) is 0 Å². The second kappa shape index (κ2) is 7.66. The summed E-state index contributed by atoms with van der Waals surface area (Å²) in [7, 11) is 1.68. The lowest BCUT2D eigenvalue weighted by molar-refractivity contribution is 0.0932. The molecule has 0 aliphatic carbocycles. The summed E-state index contributed by atoms with van der Waals surface area (Å²) in [6.07, 6.45) is 0.641. The lowest BCUT2D eigenvalue weighted by Crippen LogP contribution is -2.44. The van der Waals surface area contributed by atoms with Gasteiger partial charge in [0.15, 0.2) is 0 Å². The van der Waals surface area contributed by atoms with Gasteiger partial charge in [0.05, 0.1) is 19.3 Å². The van der Waals surface area contributed by atoms with Crippen molar-refractivity contribution >= 4 is 16.8 Å². The Morgan fingerprint density at radius 2 is 1.96 bits per heavy atom. The Labute approximate surface area is 164 Å². The summed E-state index contributed by atoms with van der Waals surface area (Å²) in [5.74, 6) is 0.786. The highest BCUT2D eigenvalue weighted by Crippen LogP contribution is 2.30. The minimum absolute atomic E-state index is 0.0688. The van der Waals surface area contributed by atoms with Gasteiger partial charge >= 0.3 is 0 Å². The summed E-state index contributed by atoms with van der Waals surface area (Å²) >= 11 is 0. The van der Waals surface area contributed by atoms with Gasteiger partial charge in [-0.05, 0) is 50.2 Å². The molecule has 6 nitrogen and oxygen atoms in total. The number of hydrogen-bond acceptors (Lipinski definition) is 4. The molecule has 3 aromatic rings. The number of methoxy groups -OCH3 is 1. The van der Waals surface area contributed by atoms with Gasteiger partial charge in [-0.25, -0.2) is 10.9 Å². The topological polar surface area (TPSA) is 67.3 Å². The van der Waals surface area contributed by atoms with E-state index in [2.05, 4.69) is 45.9 Å². The van der Waals surface area contributed by atoms with Gasteiger partial charge in [-0.1, -0.05) is 17.7 Å². The van der Waals surface area contributed by atoms with Crippen LogP contribution in [0.3, 0.4) is 0 Å². The summed E-state index contributed by atoms with van der Waals surface area (Å²) in [6, 6.07) is 16.1. The summed E-state index contributed by atoms with van der Waals surface area (Å²) in [4.78, 5) is 12.5. The number of fused-ring (bicyclic) bond motifs is 1. The van der Waals surface area contributed by atoms with E-state index < -0.39 is 0 Å². The van der Waals surface area contributed by atoms with Crippen LogP contribution < -0.4 is 20.9 Å². The largest absolute Gasteiger partial charge is 0.497 e. The first-order valence-electron chi connectivity index (χ1n) is 9.64. The third kappa shape index (κ3) is 3.48. The van der Waals surface area contributed by atoms with Crippen molar-refractivity contribution in [3.05, 3.63) is 65.4 Å². The molecule has 2 unspecified atom stereocenters. The number of aryl methyl sites for hydroxylation is 2. The third-order valence-corrected chi connectivity index (χ3v) is 5.34. The number of ether oxygens (including phenoxy) is 1. The quantitative estimate of drug-likeness (QED) is 0.637. The standard InChI is InChI=1S/C22H26N4O2/c1-4-26-19-10-9-17(28-3)11-16(19)12-20(26)18-13-21(25-24-18)23-22(27)15-7-5-14(2)6-8-15/h5-12,18,21,24-25H,4,13H2,1-3H3,(H,23,27). The molecule has 1 saturated heterocycles. The predicted octanol–water partition coefficient (Wildman–Crippen LogP) is 3.27. The third-order valence-electron chi connectivity index (χ3n) is 5.34. The number of carbonyl (C=O) groups is 1. The van der Waals surface area contributed by atoms with E-state index in [1.54, 1.807) is 7.11 Å². The molecule has 0 saturated carbocycles. The highest BCUT2D eigenvalue weighted by Gasteiger charge is 2.29. The summed E-state index contributed by atoms with van der Waals surface area (Å²) in [5, 5.41) is 4.22. The number of rotatable bonds is 5. The van der Waals surface area contributed by atoms with E-state index in [9.17, 15) is 4.79 Å². The van der Waals surface area contributed by atoms with Gasteiger partial charge in [0.2, 0.25) is 0 Å². The Morgan fingerprint density at radius 1 is 1.18 bits per heavy atom. The van der Waals surface area contributed by atoms with Crippen LogP contribution in [0.2, 0.25) is 0 Å². The van der Waals surface area contributed by atoms with Gasteiger partial charge in [0, 0.05) is 35.1 Å². The molecule has 146 valence electrons. The average molecular weight is 378 g/mol. The number of aromatic nitrogens is 1. The molecule has 3 N–H and O–H groups in total. The van der Waals surface area contributed by atoms with Crippen LogP contribution in [0, 0.1) is 6.92 Å².